The van der Waals surface area contributed by atoms with E-state index in [-0.39, 0.29) is 6.61 Å². The van der Waals surface area contributed by atoms with Gasteiger partial charge < -0.3 is 10.0 Å². The van der Waals surface area contributed by atoms with Crippen LogP contribution in [0.2, 0.25) is 0 Å². The molecule has 4 nitrogen and oxygen atoms in total. The molecular formula is C11H10BrNO3. The van der Waals surface area contributed by atoms with E-state index >= 15 is 0 Å². The minimum atomic E-state index is -0.512. The first-order valence-corrected chi connectivity index (χ1v) is 5.71. The molecule has 1 aromatic rings. The molecule has 0 spiro atoms. The van der Waals surface area contributed by atoms with Crippen LogP contribution in [0.25, 0.3) is 0 Å². The molecule has 1 aromatic carbocycles. The van der Waals surface area contributed by atoms with E-state index in [2.05, 4.69) is 15.9 Å². The van der Waals surface area contributed by atoms with Crippen molar-refractivity contribution in [3.05, 3.63) is 28.2 Å². The lowest BCUT2D eigenvalue weighted by atomic mass is 10.1. The lowest BCUT2D eigenvalue weighted by Gasteiger charge is -2.15. The van der Waals surface area contributed by atoms with Gasteiger partial charge in [0.2, 0.25) is 0 Å². The second-order valence-corrected chi connectivity index (χ2v) is 4.44. The Labute approximate surface area is 101 Å². The van der Waals surface area contributed by atoms with Crippen LogP contribution in [-0.4, -0.2) is 29.9 Å². The summed E-state index contributed by atoms with van der Waals surface area (Å²) >= 11 is 3.26. The van der Waals surface area contributed by atoms with Gasteiger partial charge in [-0.05, 0) is 24.6 Å². The molecule has 0 fully saturated rings. The molecule has 1 amide bonds. The van der Waals surface area contributed by atoms with Gasteiger partial charge in [0, 0.05) is 17.6 Å². The van der Waals surface area contributed by atoms with Gasteiger partial charge in [0.05, 0.1) is 11.3 Å². The largest absolute Gasteiger partial charge is 0.396 e. The Morgan fingerprint density at radius 3 is 2.75 bits per heavy atom. The van der Waals surface area contributed by atoms with Crippen molar-refractivity contribution in [2.75, 3.05) is 18.1 Å². The molecule has 16 heavy (non-hydrogen) atoms. The van der Waals surface area contributed by atoms with E-state index in [4.69, 9.17) is 5.11 Å². The fourth-order valence-corrected chi connectivity index (χ4v) is 2.08. The number of hydrogen-bond donors (Lipinski definition) is 1. The van der Waals surface area contributed by atoms with Crippen LogP contribution >= 0.6 is 15.9 Å². The average Bonchev–Trinajstić information content (AvgIpc) is 2.50. The van der Waals surface area contributed by atoms with E-state index in [1.54, 1.807) is 18.2 Å². The zero-order valence-electron chi connectivity index (χ0n) is 8.44. The maximum absolute atomic E-state index is 11.7. The van der Waals surface area contributed by atoms with Crippen LogP contribution in [0, 0.1) is 0 Å². The van der Waals surface area contributed by atoms with Crippen LogP contribution in [-0.2, 0) is 4.79 Å². The molecule has 1 aliphatic heterocycles. The Hall–Kier alpha value is -1.20. The highest BCUT2D eigenvalue weighted by Gasteiger charge is 2.35. The van der Waals surface area contributed by atoms with Gasteiger partial charge in [-0.15, -0.1) is 0 Å². The number of aliphatic hydroxyl groups is 1. The lowest BCUT2D eigenvalue weighted by molar-refractivity contribution is -0.114. The van der Waals surface area contributed by atoms with Crippen LogP contribution in [0.4, 0.5) is 5.69 Å². The lowest BCUT2D eigenvalue weighted by Crippen LogP contribution is -2.31. The van der Waals surface area contributed by atoms with Gasteiger partial charge in [-0.2, -0.15) is 0 Å². The summed E-state index contributed by atoms with van der Waals surface area (Å²) in [6.07, 6.45) is 0.467. The summed E-state index contributed by atoms with van der Waals surface area (Å²) in [5.74, 6) is -0.990. The topological polar surface area (TPSA) is 57.6 Å². The van der Waals surface area contributed by atoms with Gasteiger partial charge in [0.15, 0.2) is 0 Å². The van der Waals surface area contributed by atoms with E-state index < -0.39 is 11.7 Å². The molecule has 0 radical (unpaired) electrons. The Bertz CT molecular complexity index is 459. The van der Waals surface area contributed by atoms with Gasteiger partial charge in [0.1, 0.15) is 0 Å². The van der Waals surface area contributed by atoms with Crippen LogP contribution in [0.1, 0.15) is 16.8 Å². The molecule has 0 aromatic heterocycles. The van der Waals surface area contributed by atoms with Gasteiger partial charge in [-0.25, -0.2) is 0 Å². The minimum Gasteiger partial charge on any atom is -0.396 e. The van der Waals surface area contributed by atoms with Crippen molar-refractivity contribution in [1.29, 1.82) is 0 Å². The summed E-state index contributed by atoms with van der Waals surface area (Å²) in [6.45, 7) is 0.375. The van der Waals surface area contributed by atoms with Crippen LogP contribution in [0.5, 0.6) is 0 Å². The number of carbonyl (C=O) groups is 2. The molecule has 1 N–H and O–H groups in total. The predicted molar refractivity (Wildman–Crippen MR) is 62.5 cm³/mol. The number of anilines is 1. The number of Topliss-reactive ketones (excluding diaryl/α,β-unsaturated/α-hetero) is 1. The summed E-state index contributed by atoms with van der Waals surface area (Å²) in [4.78, 5) is 24.7. The summed E-state index contributed by atoms with van der Waals surface area (Å²) in [5.41, 5.74) is 1.06. The van der Waals surface area contributed by atoms with Crippen molar-refractivity contribution >= 4 is 33.3 Å². The second kappa shape index (κ2) is 4.35. The van der Waals surface area contributed by atoms with Crippen molar-refractivity contribution in [1.82, 2.24) is 0 Å². The number of carbonyl (C=O) groups excluding carboxylic acids is 2. The van der Waals surface area contributed by atoms with E-state index in [0.717, 1.165) is 4.47 Å². The van der Waals surface area contributed by atoms with Crippen molar-refractivity contribution < 1.29 is 14.7 Å². The third-order valence-corrected chi connectivity index (χ3v) is 2.97. The number of hydrogen-bond acceptors (Lipinski definition) is 3. The van der Waals surface area contributed by atoms with Crippen molar-refractivity contribution in [2.45, 2.75) is 6.42 Å². The molecule has 1 heterocycles. The number of ketones is 1. The fraction of sp³-hybridized carbons (Fsp3) is 0.273. The highest BCUT2D eigenvalue weighted by Crippen LogP contribution is 2.31. The molecule has 0 aliphatic carbocycles. The van der Waals surface area contributed by atoms with Gasteiger partial charge in [0.25, 0.3) is 11.7 Å². The van der Waals surface area contributed by atoms with E-state index in [9.17, 15) is 9.59 Å². The first-order valence-electron chi connectivity index (χ1n) is 4.91. The van der Waals surface area contributed by atoms with Gasteiger partial charge >= 0.3 is 0 Å². The summed E-state index contributed by atoms with van der Waals surface area (Å²) in [6, 6.07) is 5.17. The minimum absolute atomic E-state index is 0.00380. The van der Waals surface area contributed by atoms with Crippen LogP contribution in [0.3, 0.4) is 0 Å². The molecule has 0 saturated carbocycles. The highest BCUT2D eigenvalue weighted by molar-refractivity contribution is 9.10. The van der Waals surface area contributed by atoms with Crippen LogP contribution in [0.15, 0.2) is 22.7 Å². The summed E-state index contributed by atoms with van der Waals surface area (Å²) < 4.78 is 0.774. The number of benzene rings is 1. The normalized spacial score (nSPS) is 14.5. The quantitative estimate of drug-likeness (QED) is 0.853. The van der Waals surface area contributed by atoms with Gasteiger partial charge in [-0.1, -0.05) is 15.9 Å². The summed E-state index contributed by atoms with van der Waals surface area (Å²) in [5, 5.41) is 8.74. The van der Waals surface area contributed by atoms with Crippen molar-refractivity contribution in [3.8, 4) is 0 Å². The molecule has 0 saturated heterocycles. The Morgan fingerprint density at radius 2 is 2.06 bits per heavy atom. The second-order valence-electron chi connectivity index (χ2n) is 3.52. The van der Waals surface area contributed by atoms with E-state index in [0.29, 0.717) is 24.2 Å². The third kappa shape index (κ3) is 1.76. The number of amides is 1. The molecule has 1 aliphatic rings. The molecule has 0 bridgehead atoms. The van der Waals surface area contributed by atoms with E-state index in [1.165, 1.54) is 4.90 Å². The number of nitrogens with zero attached hydrogens (tertiary/aromatic N) is 1. The Morgan fingerprint density at radius 1 is 1.31 bits per heavy atom. The fourth-order valence-electron chi connectivity index (χ4n) is 1.72. The summed E-state index contributed by atoms with van der Waals surface area (Å²) in [7, 11) is 0. The maximum Gasteiger partial charge on any atom is 0.299 e. The van der Waals surface area contributed by atoms with E-state index in [1.807, 2.05) is 0 Å². The Kier molecular flexibility index (Phi) is 3.07. The molecule has 5 heteroatoms. The molecule has 2 rings (SSSR count). The first-order chi connectivity index (χ1) is 7.65. The average molecular weight is 284 g/mol. The SMILES string of the molecule is O=C1C(=O)N(CCCO)c2ccc(Br)cc21. The number of halogens is 1. The Balaban J connectivity index is 2.38. The predicted octanol–water partition coefficient (Wildman–Crippen LogP) is 1.36. The van der Waals surface area contributed by atoms with Crippen LogP contribution < -0.4 is 4.90 Å². The standard InChI is InChI=1S/C11H10BrNO3/c12-7-2-3-9-8(6-7)10(15)11(16)13(9)4-1-5-14/h2-3,6,14H,1,4-5H2. The van der Waals surface area contributed by atoms with Gasteiger partial charge in [-0.3, -0.25) is 9.59 Å². The monoisotopic (exact) mass is 283 g/mol. The number of fused-ring (bicyclic) bond motifs is 1. The third-order valence-electron chi connectivity index (χ3n) is 2.47. The number of rotatable bonds is 3. The molecular weight excluding hydrogens is 274 g/mol. The molecule has 0 atom stereocenters. The maximum atomic E-state index is 11.7. The number of aliphatic hydroxyl groups excluding tert-OH is 1. The zero-order chi connectivity index (χ0) is 11.7. The molecule has 0 unspecified atom stereocenters. The van der Waals surface area contributed by atoms with Crippen molar-refractivity contribution in [2.24, 2.45) is 0 Å². The first kappa shape index (κ1) is 11.3. The van der Waals surface area contributed by atoms with Crippen molar-refractivity contribution in [3.63, 3.8) is 0 Å². The highest BCUT2D eigenvalue weighted by atomic mass is 79.9. The zero-order valence-corrected chi connectivity index (χ0v) is 10.0. The smallest absolute Gasteiger partial charge is 0.299 e. The molecule has 84 valence electrons.